The van der Waals surface area contributed by atoms with Crippen LogP contribution in [-0.4, -0.2) is 15.5 Å². The maximum Gasteiger partial charge on any atom is 0.241 e. The van der Waals surface area contributed by atoms with Crippen molar-refractivity contribution in [1.29, 1.82) is 0 Å². The van der Waals surface area contributed by atoms with Crippen molar-refractivity contribution in [2.45, 2.75) is 4.90 Å². The van der Waals surface area contributed by atoms with E-state index in [-0.39, 0.29) is 9.92 Å². The van der Waals surface area contributed by atoms with Crippen LogP contribution in [0, 0.1) is 6.07 Å². The fourth-order valence-electron chi connectivity index (χ4n) is 0.712. The number of halogens is 1. The molecule has 1 N–H and O–H groups in total. The number of benzene rings is 1. The summed E-state index contributed by atoms with van der Waals surface area (Å²) in [4.78, 5) is 0.0502. The standard InChI is InChI=1S/C7H7ClNO2S/c1-9-12(10,11)7-5-3-2-4-6(7)8/h2,4-5,9H,1H3. The fraction of sp³-hybridized carbons (Fsp3) is 0.143. The first kappa shape index (κ1) is 9.51. The molecule has 0 aliphatic rings. The zero-order valence-corrected chi connectivity index (χ0v) is 7.91. The van der Waals surface area contributed by atoms with E-state index in [2.05, 4.69) is 10.8 Å². The second-order valence-electron chi connectivity index (χ2n) is 2.06. The molecular weight excluding hydrogens is 198 g/mol. The average molecular weight is 205 g/mol. The van der Waals surface area contributed by atoms with Crippen molar-refractivity contribution in [2.75, 3.05) is 7.05 Å². The second kappa shape index (κ2) is 3.43. The summed E-state index contributed by atoms with van der Waals surface area (Å²) in [5.74, 6) is 0. The maximum absolute atomic E-state index is 11.2. The van der Waals surface area contributed by atoms with Crippen LogP contribution in [0.4, 0.5) is 0 Å². The molecule has 3 nitrogen and oxygen atoms in total. The number of nitrogens with one attached hydrogen (secondary N) is 1. The van der Waals surface area contributed by atoms with Crippen molar-refractivity contribution >= 4 is 21.6 Å². The molecule has 0 saturated carbocycles. The first-order chi connectivity index (χ1) is 5.58. The topological polar surface area (TPSA) is 46.2 Å². The third-order valence-electron chi connectivity index (χ3n) is 1.33. The normalized spacial score (nSPS) is 11.5. The fourth-order valence-corrected chi connectivity index (χ4v) is 1.90. The van der Waals surface area contributed by atoms with Gasteiger partial charge in [-0.3, -0.25) is 0 Å². The minimum absolute atomic E-state index is 0.0502. The Morgan fingerprint density at radius 1 is 1.58 bits per heavy atom. The molecule has 0 aromatic heterocycles. The molecule has 0 spiro atoms. The molecule has 1 aromatic rings. The summed E-state index contributed by atoms with van der Waals surface area (Å²) in [6.07, 6.45) is 0. The molecule has 12 heavy (non-hydrogen) atoms. The van der Waals surface area contributed by atoms with Gasteiger partial charge < -0.3 is 0 Å². The van der Waals surface area contributed by atoms with Gasteiger partial charge in [0.05, 0.1) is 5.02 Å². The zero-order chi connectivity index (χ0) is 9.19. The zero-order valence-electron chi connectivity index (χ0n) is 6.33. The van der Waals surface area contributed by atoms with Crippen LogP contribution in [0.2, 0.25) is 5.02 Å². The summed E-state index contributed by atoms with van der Waals surface area (Å²) in [6, 6.07) is 7.00. The molecule has 5 heteroatoms. The van der Waals surface area contributed by atoms with Crippen molar-refractivity contribution in [2.24, 2.45) is 0 Å². The Bertz CT molecular complexity index is 375. The van der Waals surface area contributed by atoms with Crippen molar-refractivity contribution in [3.63, 3.8) is 0 Å². The molecule has 1 radical (unpaired) electrons. The molecule has 0 unspecified atom stereocenters. The minimum Gasteiger partial charge on any atom is -0.214 e. The van der Waals surface area contributed by atoms with Gasteiger partial charge in [-0.05, 0) is 25.2 Å². The van der Waals surface area contributed by atoms with E-state index < -0.39 is 10.0 Å². The summed E-state index contributed by atoms with van der Waals surface area (Å²) in [6.45, 7) is 0. The molecule has 0 fully saturated rings. The van der Waals surface area contributed by atoms with E-state index in [9.17, 15) is 8.42 Å². The van der Waals surface area contributed by atoms with Crippen LogP contribution in [0.5, 0.6) is 0 Å². The largest absolute Gasteiger partial charge is 0.241 e. The van der Waals surface area contributed by atoms with Crippen LogP contribution >= 0.6 is 11.6 Å². The van der Waals surface area contributed by atoms with E-state index in [1.807, 2.05) is 0 Å². The van der Waals surface area contributed by atoms with E-state index in [0.717, 1.165) is 0 Å². The van der Waals surface area contributed by atoms with Gasteiger partial charge in [-0.1, -0.05) is 17.7 Å². The molecule has 0 aliphatic carbocycles. The highest BCUT2D eigenvalue weighted by Gasteiger charge is 2.13. The Hall–Kier alpha value is -0.580. The molecule has 1 rings (SSSR count). The number of hydrogen-bond donors (Lipinski definition) is 1. The van der Waals surface area contributed by atoms with Gasteiger partial charge in [0.25, 0.3) is 0 Å². The highest BCUT2D eigenvalue weighted by Crippen LogP contribution is 2.19. The number of rotatable bonds is 2. The molecule has 0 aliphatic heterocycles. The minimum atomic E-state index is -3.44. The highest BCUT2D eigenvalue weighted by molar-refractivity contribution is 7.89. The van der Waals surface area contributed by atoms with Gasteiger partial charge in [-0.25, -0.2) is 13.1 Å². The van der Waals surface area contributed by atoms with Crippen LogP contribution in [0.25, 0.3) is 0 Å². The predicted molar refractivity (Wildman–Crippen MR) is 46.5 cm³/mol. The van der Waals surface area contributed by atoms with Gasteiger partial charge in [0.1, 0.15) is 4.90 Å². The van der Waals surface area contributed by atoms with Gasteiger partial charge in [0.2, 0.25) is 10.0 Å². The Kier molecular flexibility index (Phi) is 2.72. The van der Waals surface area contributed by atoms with Crippen LogP contribution in [0.15, 0.2) is 23.1 Å². The average Bonchev–Trinajstić information content (AvgIpc) is 2.05. The van der Waals surface area contributed by atoms with E-state index in [0.29, 0.717) is 0 Å². The van der Waals surface area contributed by atoms with Gasteiger partial charge >= 0.3 is 0 Å². The maximum atomic E-state index is 11.2. The molecule has 0 saturated heterocycles. The lowest BCUT2D eigenvalue weighted by Gasteiger charge is -2.02. The van der Waals surface area contributed by atoms with Crippen molar-refractivity contribution in [3.05, 3.63) is 29.3 Å². The summed E-state index contributed by atoms with van der Waals surface area (Å²) in [5.41, 5.74) is 0. The Morgan fingerprint density at radius 3 is 2.75 bits per heavy atom. The van der Waals surface area contributed by atoms with E-state index in [1.165, 1.54) is 19.2 Å². The van der Waals surface area contributed by atoms with E-state index in [1.54, 1.807) is 6.07 Å². The Balaban J connectivity index is 3.30. The number of hydrogen-bond acceptors (Lipinski definition) is 2. The number of sulfonamides is 1. The molecule has 0 bridgehead atoms. The summed E-state index contributed by atoms with van der Waals surface area (Å²) in [5, 5.41) is 0.197. The monoisotopic (exact) mass is 204 g/mol. The van der Waals surface area contributed by atoms with Crippen molar-refractivity contribution < 1.29 is 8.42 Å². The quantitative estimate of drug-likeness (QED) is 0.783. The van der Waals surface area contributed by atoms with Crippen molar-refractivity contribution in [3.8, 4) is 0 Å². The first-order valence-electron chi connectivity index (χ1n) is 3.17. The molecule has 1 aromatic carbocycles. The molecule has 0 atom stereocenters. The lowest BCUT2D eigenvalue weighted by molar-refractivity contribution is 0.588. The summed E-state index contributed by atoms with van der Waals surface area (Å²) >= 11 is 5.65. The SMILES string of the molecule is CNS(=O)(=O)c1c[c]ccc1Cl. The third-order valence-corrected chi connectivity index (χ3v) is 3.23. The molecule has 65 valence electrons. The van der Waals surface area contributed by atoms with Gasteiger partial charge in [0.15, 0.2) is 0 Å². The van der Waals surface area contributed by atoms with Gasteiger partial charge in [-0.15, -0.1) is 0 Å². The van der Waals surface area contributed by atoms with E-state index >= 15 is 0 Å². The molecule has 0 amide bonds. The van der Waals surface area contributed by atoms with Crippen LogP contribution in [-0.2, 0) is 10.0 Å². The second-order valence-corrected chi connectivity index (χ2v) is 4.33. The van der Waals surface area contributed by atoms with Crippen LogP contribution in [0.3, 0.4) is 0 Å². The predicted octanol–water partition coefficient (Wildman–Crippen LogP) is 1.05. The smallest absolute Gasteiger partial charge is 0.214 e. The lowest BCUT2D eigenvalue weighted by Crippen LogP contribution is -2.18. The van der Waals surface area contributed by atoms with Gasteiger partial charge in [0, 0.05) is 0 Å². The molecule has 0 heterocycles. The van der Waals surface area contributed by atoms with Crippen molar-refractivity contribution in [1.82, 2.24) is 4.72 Å². The summed E-state index contributed by atoms with van der Waals surface area (Å²) in [7, 11) is -2.11. The van der Waals surface area contributed by atoms with Crippen LogP contribution < -0.4 is 4.72 Å². The highest BCUT2D eigenvalue weighted by atomic mass is 35.5. The molecular formula is C7H7ClNO2S. The Labute approximate surface area is 76.4 Å². The van der Waals surface area contributed by atoms with Gasteiger partial charge in [-0.2, -0.15) is 0 Å². The summed E-state index contributed by atoms with van der Waals surface area (Å²) < 4.78 is 24.6. The first-order valence-corrected chi connectivity index (χ1v) is 5.03. The third kappa shape index (κ3) is 1.77. The van der Waals surface area contributed by atoms with Crippen LogP contribution in [0.1, 0.15) is 0 Å². The van der Waals surface area contributed by atoms with E-state index in [4.69, 9.17) is 11.6 Å². The lowest BCUT2D eigenvalue weighted by atomic mass is 10.4. The Morgan fingerprint density at radius 2 is 2.25 bits per heavy atom.